The molecule has 19 heteroatoms. The number of hydrogen-bond acceptors (Lipinski definition) is 15. The van der Waals surface area contributed by atoms with Crippen molar-refractivity contribution >= 4 is 35.2 Å². The SMILES string of the molecule is CCCNC(=O)c1cc(C(N)=O)c(OCCCCCN)cc1OCCCCCN.CN(C)CCNC(=O)c1cc(C(N)=O)c(OCCCCCN)cc1CCCCCCN.COc1cc(C)c(C(=O)CC2CCCCC2)cc1C(=O)CC1CCCCC1. The third-order valence-corrected chi connectivity index (χ3v) is 16.0. The Kier molecular flexibility index (Phi) is 38.3. The maximum atomic E-state index is 13.0. The van der Waals surface area contributed by atoms with Crippen molar-refractivity contribution in [1.29, 1.82) is 0 Å². The van der Waals surface area contributed by atoms with Gasteiger partial charge in [0.25, 0.3) is 23.6 Å². The van der Waals surface area contributed by atoms with E-state index >= 15 is 0 Å². The lowest BCUT2D eigenvalue weighted by Crippen LogP contribution is -2.32. The maximum Gasteiger partial charge on any atom is 0.255 e. The van der Waals surface area contributed by atoms with Gasteiger partial charge in [-0.1, -0.05) is 84.0 Å². The summed E-state index contributed by atoms with van der Waals surface area (Å²) in [6.07, 6.45) is 27.0. The highest BCUT2D eigenvalue weighted by Gasteiger charge is 2.26. The molecule has 0 aromatic heterocycles. The molecule has 0 aliphatic heterocycles. The van der Waals surface area contributed by atoms with Gasteiger partial charge in [-0.15, -0.1) is 0 Å². The van der Waals surface area contributed by atoms with Crippen LogP contribution < -0.4 is 64.0 Å². The van der Waals surface area contributed by atoms with Crippen molar-refractivity contribution in [1.82, 2.24) is 15.5 Å². The Balaban J connectivity index is 0.000000342. The third kappa shape index (κ3) is 28.7. The van der Waals surface area contributed by atoms with Crippen LogP contribution >= 0.6 is 0 Å². The first-order valence-corrected chi connectivity index (χ1v) is 32.6. The molecule has 4 amide bonds. The molecule has 3 aromatic carbocycles. The van der Waals surface area contributed by atoms with Gasteiger partial charge in [-0.3, -0.25) is 28.8 Å². The van der Waals surface area contributed by atoms with Crippen LogP contribution in [0.2, 0.25) is 0 Å². The average molecular weight is 1210 g/mol. The second kappa shape index (κ2) is 44.3. The van der Waals surface area contributed by atoms with E-state index in [4.69, 9.17) is 53.3 Å². The van der Waals surface area contributed by atoms with E-state index in [0.29, 0.717) is 123 Å². The number of amides is 4. The summed E-state index contributed by atoms with van der Waals surface area (Å²) in [5, 5.41) is 5.74. The van der Waals surface area contributed by atoms with Gasteiger partial charge >= 0.3 is 0 Å². The lowest BCUT2D eigenvalue weighted by atomic mass is 9.83. The number of ether oxygens (including phenoxy) is 4. The average Bonchev–Trinajstić information content (AvgIpc) is 1.82. The number of unbranched alkanes of at least 4 members (excludes halogenated alkanes) is 9. The van der Waals surface area contributed by atoms with Gasteiger partial charge in [0, 0.05) is 49.7 Å². The summed E-state index contributed by atoms with van der Waals surface area (Å²) >= 11 is 0. The number of primary amides is 2. The van der Waals surface area contributed by atoms with Gasteiger partial charge in [0.2, 0.25) is 0 Å². The number of nitrogens with one attached hydrogen (secondary N) is 2. The topological polar surface area (TPSA) is 323 Å². The van der Waals surface area contributed by atoms with Crippen molar-refractivity contribution in [3.63, 3.8) is 0 Å². The molecule has 0 bridgehead atoms. The van der Waals surface area contributed by atoms with E-state index < -0.39 is 11.8 Å². The minimum atomic E-state index is -0.652. The molecule has 0 heterocycles. The molecular weight excluding hydrogens is 1100 g/mol. The van der Waals surface area contributed by atoms with E-state index in [2.05, 4.69) is 10.6 Å². The predicted octanol–water partition coefficient (Wildman–Crippen LogP) is 9.90. The lowest BCUT2D eigenvalue weighted by molar-refractivity contribution is 0.0934. The molecule has 19 nitrogen and oxygen atoms in total. The fourth-order valence-electron chi connectivity index (χ4n) is 10.9. The zero-order valence-corrected chi connectivity index (χ0v) is 53.8. The Labute approximate surface area is 520 Å². The molecule has 3 aromatic rings. The molecule has 0 spiro atoms. The van der Waals surface area contributed by atoms with Crippen LogP contribution in [-0.2, 0) is 6.42 Å². The van der Waals surface area contributed by atoms with Crippen LogP contribution in [0.15, 0.2) is 36.4 Å². The van der Waals surface area contributed by atoms with Crippen LogP contribution in [-0.4, -0.2) is 127 Å². The zero-order valence-electron chi connectivity index (χ0n) is 53.8. The predicted molar refractivity (Wildman–Crippen MR) is 349 cm³/mol. The van der Waals surface area contributed by atoms with Crippen LogP contribution in [0, 0.1) is 18.8 Å². The Morgan fingerprint density at radius 2 is 0.897 bits per heavy atom. The van der Waals surface area contributed by atoms with Crippen molar-refractivity contribution in [2.75, 3.05) is 86.8 Å². The number of likely N-dealkylation sites (N-methyl/N-ethyl adjacent to an activating group) is 1. The standard InChI is InChI=1S/C24H34O3.C23H41N5O3.C21H36N4O4/c1-17-13-24(27-2)21(23(26)15-19-11-7-4-8-12-19)16-20(17)22(25)14-18-9-5-3-6-10-18;1-28(2)14-13-27-23(30)19-17-20(22(26)29)21(31-15-9-5-8-12-25)16-18(19)10-6-3-4-7-11-24;1-2-11-25-21(27)17-14-16(20(24)26)18(28-12-7-3-5-9-22)15-19(17)29-13-8-4-6-10-23/h13,16,18-19H,3-12,14-15H2,1-2H3;16-17H,3-15,24-25H2,1-2H3,(H2,26,29)(H,27,30);14-15H,2-13,22-23H2,1H3,(H2,24,26)(H,25,27). The summed E-state index contributed by atoms with van der Waals surface area (Å²) in [4.78, 5) is 77.3. The largest absolute Gasteiger partial charge is 0.496 e. The number of methoxy groups -OCH3 is 1. The molecular formula is C68H111N9O10. The number of nitrogens with two attached hydrogens (primary N) is 6. The van der Waals surface area contributed by atoms with E-state index in [-0.39, 0.29) is 40.1 Å². The molecule has 2 saturated carbocycles. The van der Waals surface area contributed by atoms with Gasteiger partial charge in [-0.25, -0.2) is 0 Å². The van der Waals surface area contributed by atoms with Gasteiger partial charge in [0.05, 0.1) is 49.2 Å². The fraction of sp³-hybridized carbons (Fsp3) is 0.647. The van der Waals surface area contributed by atoms with E-state index in [0.717, 1.165) is 140 Å². The Hall–Kier alpha value is -6.12. The van der Waals surface area contributed by atoms with Crippen molar-refractivity contribution in [2.24, 2.45) is 46.2 Å². The third-order valence-electron chi connectivity index (χ3n) is 16.0. The molecule has 0 radical (unpaired) electrons. The maximum absolute atomic E-state index is 13.0. The molecule has 0 atom stereocenters. The van der Waals surface area contributed by atoms with E-state index in [1.54, 1.807) is 19.2 Å². The summed E-state index contributed by atoms with van der Waals surface area (Å²) in [5.74, 6) is 1.32. The smallest absolute Gasteiger partial charge is 0.255 e. The van der Waals surface area contributed by atoms with E-state index in [9.17, 15) is 28.8 Å². The molecule has 2 aliphatic carbocycles. The first kappa shape index (κ1) is 75.1. The summed E-state index contributed by atoms with van der Waals surface area (Å²) in [6, 6.07) is 10.1. The molecule has 2 aliphatic rings. The molecule has 2 fully saturated rings. The second-order valence-corrected chi connectivity index (χ2v) is 23.6. The molecule has 488 valence electrons. The molecule has 14 N–H and O–H groups in total. The van der Waals surface area contributed by atoms with Crippen LogP contribution in [0.5, 0.6) is 23.0 Å². The number of carbonyl (C=O) groups is 6. The van der Waals surface area contributed by atoms with Crippen LogP contribution in [0.3, 0.4) is 0 Å². The Morgan fingerprint density at radius 3 is 1.36 bits per heavy atom. The van der Waals surface area contributed by atoms with Crippen molar-refractivity contribution in [3.8, 4) is 23.0 Å². The van der Waals surface area contributed by atoms with Crippen LogP contribution in [0.25, 0.3) is 0 Å². The van der Waals surface area contributed by atoms with Crippen molar-refractivity contribution in [2.45, 2.75) is 187 Å². The van der Waals surface area contributed by atoms with Gasteiger partial charge in [0.15, 0.2) is 11.6 Å². The molecule has 0 unspecified atom stereocenters. The number of hydrogen-bond donors (Lipinski definition) is 8. The number of aryl methyl sites for hydroxylation is 2. The quantitative estimate of drug-likeness (QED) is 0.0194. The summed E-state index contributed by atoms with van der Waals surface area (Å²) in [6.45, 7) is 9.66. The minimum Gasteiger partial charge on any atom is -0.496 e. The lowest BCUT2D eigenvalue weighted by Gasteiger charge is -2.22. The van der Waals surface area contributed by atoms with E-state index in [1.165, 1.54) is 44.6 Å². The molecule has 5 rings (SSSR count). The molecule has 87 heavy (non-hydrogen) atoms. The summed E-state index contributed by atoms with van der Waals surface area (Å²) in [5.41, 5.74) is 37.5. The van der Waals surface area contributed by atoms with E-state index in [1.807, 2.05) is 51.0 Å². The fourth-order valence-corrected chi connectivity index (χ4v) is 10.9. The Morgan fingerprint density at radius 1 is 0.483 bits per heavy atom. The highest BCUT2D eigenvalue weighted by Crippen LogP contribution is 2.34. The first-order chi connectivity index (χ1) is 42.0. The normalized spacial score (nSPS) is 13.4. The number of carbonyl (C=O) groups excluding carboxylic acids is 6. The van der Waals surface area contributed by atoms with Gasteiger partial charge in [0.1, 0.15) is 23.0 Å². The first-order valence-electron chi connectivity index (χ1n) is 32.6. The van der Waals surface area contributed by atoms with Gasteiger partial charge in [-0.2, -0.15) is 0 Å². The van der Waals surface area contributed by atoms with Crippen molar-refractivity contribution < 1.29 is 47.7 Å². The monoisotopic (exact) mass is 1210 g/mol. The number of ketones is 2. The summed E-state index contributed by atoms with van der Waals surface area (Å²) in [7, 11) is 5.50. The van der Waals surface area contributed by atoms with Crippen LogP contribution in [0.4, 0.5) is 0 Å². The van der Waals surface area contributed by atoms with Gasteiger partial charge < -0.3 is 68.9 Å². The molecule has 0 saturated heterocycles. The van der Waals surface area contributed by atoms with Gasteiger partial charge in [-0.05, 0) is 184 Å². The van der Waals surface area contributed by atoms with Crippen molar-refractivity contribution in [3.05, 3.63) is 80.9 Å². The number of benzene rings is 3. The second-order valence-electron chi connectivity index (χ2n) is 23.6. The van der Waals surface area contributed by atoms with Crippen LogP contribution in [0.1, 0.15) is 247 Å². The number of Topliss-reactive ketones (excluding diaryl/α,β-unsaturated/α-hetero) is 2. The zero-order chi connectivity index (χ0) is 63.8. The highest BCUT2D eigenvalue weighted by molar-refractivity contribution is 6.05. The number of nitrogens with zero attached hydrogens (tertiary/aromatic N) is 1. The minimum absolute atomic E-state index is 0.130. The highest BCUT2D eigenvalue weighted by atomic mass is 16.5. The summed E-state index contributed by atoms with van der Waals surface area (Å²) < 4.78 is 23.0. The number of rotatable bonds is 40. The Bertz CT molecular complexity index is 2530.